The first-order chi connectivity index (χ1) is 13.6. The van der Waals surface area contributed by atoms with Crippen molar-refractivity contribution in [3.63, 3.8) is 0 Å². The third kappa shape index (κ3) is 4.06. The molecule has 1 N–H and O–H groups in total. The molecule has 8 heteroatoms. The molecule has 0 radical (unpaired) electrons. The average Bonchev–Trinajstić information content (AvgIpc) is 3.12. The number of anilines is 1. The van der Waals surface area contributed by atoms with Gasteiger partial charge in [0.25, 0.3) is 11.5 Å². The number of hydrogen-bond donors (Lipinski definition) is 1. The van der Waals surface area contributed by atoms with Gasteiger partial charge >= 0.3 is 0 Å². The molecule has 28 heavy (non-hydrogen) atoms. The number of nitrogens with zero attached hydrogens (tertiary/aromatic N) is 4. The van der Waals surface area contributed by atoms with Crippen LogP contribution in [-0.2, 0) is 6.42 Å². The fourth-order valence-corrected chi connectivity index (χ4v) is 4.46. The van der Waals surface area contributed by atoms with Crippen LogP contribution in [0.3, 0.4) is 0 Å². The molecule has 4 rings (SSSR count). The molecule has 1 aromatic carbocycles. The summed E-state index contributed by atoms with van der Waals surface area (Å²) in [6.07, 6.45) is 3.06. The zero-order valence-corrected chi connectivity index (χ0v) is 16.6. The first-order valence-electron chi connectivity index (χ1n) is 9.58. The minimum absolute atomic E-state index is 0.232. The normalized spacial score (nSPS) is 17.0. The van der Waals surface area contributed by atoms with E-state index in [0.29, 0.717) is 17.4 Å². The maximum atomic E-state index is 12.7. The van der Waals surface area contributed by atoms with Crippen molar-refractivity contribution in [2.45, 2.75) is 26.2 Å². The predicted molar refractivity (Wildman–Crippen MR) is 110 cm³/mol. The molecule has 0 aliphatic carbocycles. The van der Waals surface area contributed by atoms with Crippen LogP contribution in [-0.4, -0.2) is 40.1 Å². The fourth-order valence-electron chi connectivity index (χ4n) is 3.51. The van der Waals surface area contributed by atoms with Crippen molar-refractivity contribution in [3.8, 4) is 0 Å². The van der Waals surface area contributed by atoms with Gasteiger partial charge in [0.05, 0.1) is 0 Å². The monoisotopic (exact) mass is 397 g/mol. The second-order valence-electron chi connectivity index (χ2n) is 7.24. The number of aromatic nitrogens is 3. The first-order valence-corrected chi connectivity index (χ1v) is 10.4. The van der Waals surface area contributed by atoms with Gasteiger partial charge in [0.2, 0.25) is 10.1 Å². The summed E-state index contributed by atoms with van der Waals surface area (Å²) in [4.78, 5) is 31.4. The summed E-state index contributed by atoms with van der Waals surface area (Å²) in [6.45, 7) is 4.59. The van der Waals surface area contributed by atoms with Crippen LogP contribution in [0, 0.1) is 5.92 Å². The second kappa shape index (κ2) is 8.10. The summed E-state index contributed by atoms with van der Waals surface area (Å²) >= 11 is 1.36. The Bertz CT molecular complexity index is 1030. The lowest BCUT2D eigenvalue weighted by atomic mass is 10.0. The molecule has 146 valence electrons. The Morgan fingerprint density at radius 2 is 2.14 bits per heavy atom. The largest absolute Gasteiger partial charge is 0.350 e. The van der Waals surface area contributed by atoms with Crippen LogP contribution in [0.15, 0.2) is 41.2 Å². The zero-order valence-electron chi connectivity index (χ0n) is 15.8. The maximum absolute atomic E-state index is 12.7. The van der Waals surface area contributed by atoms with Crippen molar-refractivity contribution >= 4 is 27.3 Å². The van der Waals surface area contributed by atoms with E-state index in [1.807, 2.05) is 30.3 Å². The number of carbonyl (C=O) groups is 1. The van der Waals surface area contributed by atoms with Gasteiger partial charge in [0.1, 0.15) is 5.69 Å². The molecule has 2 aromatic heterocycles. The van der Waals surface area contributed by atoms with Gasteiger partial charge in [0.15, 0.2) is 0 Å². The molecule has 3 heterocycles. The van der Waals surface area contributed by atoms with E-state index in [1.54, 1.807) is 0 Å². The van der Waals surface area contributed by atoms with Gasteiger partial charge in [-0.1, -0.05) is 48.6 Å². The SMILES string of the molecule is C[C@H]1CCCN(c2nn3c(C(=O)NCCc4ccccc4)cc(=O)nc3s2)C1. The number of nitrogens with one attached hydrogen (secondary N) is 1. The molecule has 1 aliphatic rings. The van der Waals surface area contributed by atoms with Gasteiger partial charge in [0, 0.05) is 25.7 Å². The molecule has 1 saturated heterocycles. The molecule has 3 aromatic rings. The Balaban J connectivity index is 1.54. The summed E-state index contributed by atoms with van der Waals surface area (Å²) in [5, 5.41) is 8.29. The Morgan fingerprint density at radius 1 is 1.32 bits per heavy atom. The number of rotatable bonds is 5. The number of fused-ring (bicyclic) bond motifs is 1. The number of hydrogen-bond acceptors (Lipinski definition) is 6. The lowest BCUT2D eigenvalue weighted by Crippen LogP contribution is -2.34. The van der Waals surface area contributed by atoms with Gasteiger partial charge in [-0.05, 0) is 30.7 Å². The summed E-state index contributed by atoms with van der Waals surface area (Å²) in [6, 6.07) is 11.2. The molecule has 0 saturated carbocycles. The van der Waals surface area contributed by atoms with E-state index < -0.39 is 5.56 Å². The van der Waals surface area contributed by atoms with Crippen molar-refractivity contribution in [2.24, 2.45) is 5.92 Å². The lowest BCUT2D eigenvalue weighted by Gasteiger charge is -2.30. The van der Waals surface area contributed by atoms with E-state index in [9.17, 15) is 9.59 Å². The van der Waals surface area contributed by atoms with E-state index in [-0.39, 0.29) is 11.6 Å². The van der Waals surface area contributed by atoms with Gasteiger partial charge in [-0.2, -0.15) is 9.50 Å². The Morgan fingerprint density at radius 3 is 2.93 bits per heavy atom. The van der Waals surface area contributed by atoms with E-state index in [4.69, 9.17) is 0 Å². The van der Waals surface area contributed by atoms with E-state index in [1.165, 1.54) is 28.3 Å². The van der Waals surface area contributed by atoms with E-state index in [2.05, 4.69) is 27.2 Å². The van der Waals surface area contributed by atoms with Crippen LogP contribution >= 0.6 is 11.3 Å². The van der Waals surface area contributed by atoms with Crippen LogP contribution in [0.1, 0.15) is 35.8 Å². The molecule has 0 spiro atoms. The third-order valence-corrected chi connectivity index (χ3v) is 5.91. The van der Waals surface area contributed by atoms with Gasteiger partial charge in [-0.15, -0.1) is 5.10 Å². The summed E-state index contributed by atoms with van der Waals surface area (Å²) in [5.74, 6) is 0.295. The Hall–Kier alpha value is -2.74. The van der Waals surface area contributed by atoms with Crippen molar-refractivity contribution in [3.05, 3.63) is 58.0 Å². The molecule has 7 nitrogen and oxygen atoms in total. The maximum Gasteiger partial charge on any atom is 0.274 e. The summed E-state index contributed by atoms with van der Waals surface area (Å²) in [5.41, 5.74) is 0.959. The molecule has 0 unspecified atom stereocenters. The quantitative estimate of drug-likeness (QED) is 0.715. The van der Waals surface area contributed by atoms with Crippen molar-refractivity contribution in [1.82, 2.24) is 19.9 Å². The number of carbonyl (C=O) groups excluding carboxylic acids is 1. The minimum Gasteiger partial charge on any atom is -0.350 e. The minimum atomic E-state index is -0.421. The number of benzene rings is 1. The first kappa shape index (κ1) is 18.6. The van der Waals surface area contributed by atoms with Crippen molar-refractivity contribution in [2.75, 3.05) is 24.5 Å². The molecular formula is C20H23N5O2S. The molecule has 1 atom stereocenters. The zero-order chi connectivity index (χ0) is 19.5. The third-order valence-electron chi connectivity index (χ3n) is 4.95. The summed E-state index contributed by atoms with van der Waals surface area (Å²) in [7, 11) is 0. The van der Waals surface area contributed by atoms with Crippen LogP contribution < -0.4 is 15.8 Å². The highest BCUT2D eigenvalue weighted by molar-refractivity contribution is 7.20. The van der Waals surface area contributed by atoms with Crippen LogP contribution in [0.2, 0.25) is 0 Å². The van der Waals surface area contributed by atoms with Crippen LogP contribution in [0.4, 0.5) is 5.13 Å². The highest BCUT2D eigenvalue weighted by Gasteiger charge is 2.22. The van der Waals surface area contributed by atoms with Crippen LogP contribution in [0.5, 0.6) is 0 Å². The van der Waals surface area contributed by atoms with Crippen LogP contribution in [0.25, 0.3) is 4.96 Å². The molecule has 1 amide bonds. The van der Waals surface area contributed by atoms with E-state index in [0.717, 1.165) is 36.6 Å². The average molecular weight is 398 g/mol. The highest BCUT2D eigenvalue weighted by Crippen LogP contribution is 2.27. The molecular weight excluding hydrogens is 374 g/mol. The molecule has 0 bridgehead atoms. The topological polar surface area (TPSA) is 79.6 Å². The number of piperidine rings is 1. The van der Waals surface area contributed by atoms with Crippen molar-refractivity contribution in [1.29, 1.82) is 0 Å². The van der Waals surface area contributed by atoms with Gasteiger partial charge < -0.3 is 10.2 Å². The summed E-state index contributed by atoms with van der Waals surface area (Å²) < 4.78 is 1.50. The second-order valence-corrected chi connectivity index (χ2v) is 8.18. The Labute approximate surface area is 167 Å². The standard InChI is InChI=1S/C20H23N5O2S/c1-14-6-5-11-24(13-14)20-23-25-16(12-17(26)22-19(25)28-20)18(27)21-10-9-15-7-3-2-4-8-15/h2-4,7-8,12,14H,5-6,9-11,13H2,1H3,(H,21,27)/t14-/m0/s1. The predicted octanol–water partition coefficient (Wildman–Crippen LogP) is 2.36. The fraction of sp³-hybridized carbons (Fsp3) is 0.400. The molecule has 1 aliphatic heterocycles. The molecule has 1 fully saturated rings. The number of amides is 1. The van der Waals surface area contributed by atoms with Crippen molar-refractivity contribution < 1.29 is 4.79 Å². The lowest BCUT2D eigenvalue weighted by molar-refractivity contribution is 0.0946. The van der Waals surface area contributed by atoms with Gasteiger partial charge in [-0.25, -0.2) is 0 Å². The van der Waals surface area contributed by atoms with E-state index >= 15 is 0 Å². The van der Waals surface area contributed by atoms with Gasteiger partial charge in [-0.3, -0.25) is 9.59 Å². The smallest absolute Gasteiger partial charge is 0.274 e. The highest BCUT2D eigenvalue weighted by atomic mass is 32.1. The Kier molecular flexibility index (Phi) is 5.38.